The summed E-state index contributed by atoms with van der Waals surface area (Å²) < 4.78 is 5.10. The van der Waals surface area contributed by atoms with Crippen LogP contribution in [0.4, 0.5) is 0 Å². The molecular formula is C14H16N2O4. The number of carbonyl (C=O) groups excluding carboxylic acids is 2. The van der Waals surface area contributed by atoms with Crippen LogP contribution >= 0.6 is 0 Å². The summed E-state index contributed by atoms with van der Waals surface area (Å²) in [6, 6.07) is 6.20. The van der Waals surface area contributed by atoms with Crippen molar-refractivity contribution in [1.82, 2.24) is 10.3 Å². The van der Waals surface area contributed by atoms with Gasteiger partial charge in [0.2, 0.25) is 0 Å². The Morgan fingerprint density at radius 2 is 2.30 bits per heavy atom. The smallest absolute Gasteiger partial charge is 0.267 e. The van der Waals surface area contributed by atoms with Gasteiger partial charge in [-0.1, -0.05) is 0 Å². The van der Waals surface area contributed by atoms with Crippen LogP contribution in [0.2, 0.25) is 0 Å². The van der Waals surface area contributed by atoms with Crippen molar-refractivity contribution in [3.63, 3.8) is 0 Å². The number of carbonyl (C=O) groups is 2. The first-order valence-electron chi connectivity index (χ1n) is 6.26. The number of hydrogen-bond acceptors (Lipinski definition) is 4. The lowest BCUT2D eigenvalue weighted by molar-refractivity contribution is 0.0899. The third kappa shape index (κ3) is 3.36. The molecule has 2 aromatic heterocycles. The van der Waals surface area contributed by atoms with E-state index in [-0.39, 0.29) is 11.9 Å². The van der Waals surface area contributed by atoms with Gasteiger partial charge in [0.05, 0.1) is 12.0 Å². The van der Waals surface area contributed by atoms with Gasteiger partial charge in [0.15, 0.2) is 6.29 Å². The maximum absolute atomic E-state index is 11.9. The third-order valence-corrected chi connectivity index (χ3v) is 2.91. The van der Waals surface area contributed by atoms with E-state index < -0.39 is 6.10 Å². The van der Waals surface area contributed by atoms with Crippen LogP contribution < -0.4 is 5.32 Å². The zero-order valence-corrected chi connectivity index (χ0v) is 11.0. The highest BCUT2D eigenvalue weighted by atomic mass is 16.4. The fraction of sp³-hybridized carbons (Fsp3) is 0.286. The molecule has 0 saturated carbocycles. The second-order valence-corrected chi connectivity index (χ2v) is 4.59. The van der Waals surface area contributed by atoms with E-state index in [9.17, 15) is 14.7 Å². The Bertz CT molecular complexity index is 574. The Hall–Kier alpha value is -2.34. The Kier molecular flexibility index (Phi) is 4.37. The molecule has 106 valence electrons. The highest BCUT2D eigenvalue weighted by Crippen LogP contribution is 2.18. The number of amides is 1. The lowest BCUT2D eigenvalue weighted by Crippen LogP contribution is -2.34. The molecule has 2 aromatic rings. The molecule has 2 atom stereocenters. The monoisotopic (exact) mass is 276 g/mol. The van der Waals surface area contributed by atoms with Gasteiger partial charge in [-0.3, -0.25) is 9.59 Å². The van der Waals surface area contributed by atoms with Crippen LogP contribution in [0.1, 0.15) is 46.2 Å². The highest BCUT2D eigenvalue weighted by molar-refractivity contribution is 5.93. The van der Waals surface area contributed by atoms with Crippen molar-refractivity contribution in [1.29, 1.82) is 0 Å². The molecule has 1 amide bonds. The van der Waals surface area contributed by atoms with Crippen molar-refractivity contribution >= 4 is 12.2 Å². The van der Waals surface area contributed by atoms with Crippen LogP contribution in [0.25, 0.3) is 0 Å². The SMILES string of the molecule is CC(CC(O)c1ccco1)NC(=O)c1ccc(C=O)[nH]1. The lowest BCUT2D eigenvalue weighted by Gasteiger charge is -2.16. The fourth-order valence-electron chi connectivity index (χ4n) is 1.91. The number of aldehydes is 1. The summed E-state index contributed by atoms with van der Waals surface area (Å²) in [7, 11) is 0. The van der Waals surface area contributed by atoms with E-state index in [0.29, 0.717) is 29.9 Å². The number of rotatable bonds is 6. The fourth-order valence-corrected chi connectivity index (χ4v) is 1.91. The minimum absolute atomic E-state index is 0.245. The molecule has 0 aliphatic heterocycles. The molecule has 2 unspecified atom stereocenters. The number of aromatic nitrogens is 1. The molecule has 0 fully saturated rings. The van der Waals surface area contributed by atoms with Gasteiger partial charge in [-0.05, 0) is 31.2 Å². The Labute approximate surface area is 115 Å². The minimum Gasteiger partial charge on any atom is -0.467 e. The zero-order valence-electron chi connectivity index (χ0n) is 11.0. The highest BCUT2D eigenvalue weighted by Gasteiger charge is 2.17. The predicted octanol–water partition coefficient (Wildman–Crippen LogP) is 1.66. The van der Waals surface area contributed by atoms with Crippen molar-refractivity contribution in [2.24, 2.45) is 0 Å². The van der Waals surface area contributed by atoms with Gasteiger partial charge in [-0.15, -0.1) is 0 Å². The van der Waals surface area contributed by atoms with Gasteiger partial charge in [0, 0.05) is 12.5 Å². The van der Waals surface area contributed by atoms with Gasteiger partial charge in [-0.2, -0.15) is 0 Å². The molecule has 20 heavy (non-hydrogen) atoms. The maximum atomic E-state index is 11.9. The van der Waals surface area contributed by atoms with Crippen molar-refractivity contribution in [3.05, 3.63) is 47.7 Å². The Morgan fingerprint density at radius 1 is 1.50 bits per heavy atom. The normalized spacial score (nSPS) is 13.7. The van der Waals surface area contributed by atoms with Crippen molar-refractivity contribution < 1.29 is 19.1 Å². The molecule has 0 radical (unpaired) electrons. The van der Waals surface area contributed by atoms with E-state index in [0.717, 1.165) is 0 Å². The number of H-pyrrole nitrogens is 1. The summed E-state index contributed by atoms with van der Waals surface area (Å²) in [6.45, 7) is 1.79. The topological polar surface area (TPSA) is 95.3 Å². The number of aromatic amines is 1. The largest absolute Gasteiger partial charge is 0.467 e. The number of hydrogen-bond donors (Lipinski definition) is 3. The predicted molar refractivity (Wildman–Crippen MR) is 71.4 cm³/mol. The van der Waals surface area contributed by atoms with E-state index in [2.05, 4.69) is 10.3 Å². The van der Waals surface area contributed by atoms with Gasteiger partial charge in [0.1, 0.15) is 17.6 Å². The summed E-state index contributed by atoms with van der Waals surface area (Å²) in [5, 5.41) is 12.6. The summed E-state index contributed by atoms with van der Waals surface area (Å²) in [5.41, 5.74) is 0.657. The molecule has 2 rings (SSSR count). The van der Waals surface area contributed by atoms with Crippen LogP contribution in [0.5, 0.6) is 0 Å². The first kappa shape index (κ1) is 14.1. The molecule has 0 saturated heterocycles. The van der Waals surface area contributed by atoms with Gasteiger partial charge in [-0.25, -0.2) is 0 Å². The number of furan rings is 1. The van der Waals surface area contributed by atoms with E-state index in [1.807, 2.05) is 0 Å². The summed E-state index contributed by atoms with van der Waals surface area (Å²) in [4.78, 5) is 25.1. The van der Waals surface area contributed by atoms with E-state index in [4.69, 9.17) is 4.42 Å². The van der Waals surface area contributed by atoms with E-state index >= 15 is 0 Å². The van der Waals surface area contributed by atoms with Gasteiger partial charge >= 0.3 is 0 Å². The quantitative estimate of drug-likeness (QED) is 0.699. The number of aliphatic hydroxyl groups is 1. The first-order chi connectivity index (χ1) is 9.60. The molecular weight excluding hydrogens is 260 g/mol. The maximum Gasteiger partial charge on any atom is 0.267 e. The average molecular weight is 276 g/mol. The number of aliphatic hydroxyl groups excluding tert-OH is 1. The molecule has 3 N–H and O–H groups in total. The lowest BCUT2D eigenvalue weighted by atomic mass is 10.1. The van der Waals surface area contributed by atoms with Crippen molar-refractivity contribution in [3.8, 4) is 0 Å². The van der Waals surface area contributed by atoms with Gasteiger partial charge < -0.3 is 19.8 Å². The van der Waals surface area contributed by atoms with Crippen LogP contribution in [0, 0.1) is 0 Å². The molecule has 0 bridgehead atoms. The molecule has 0 spiro atoms. The van der Waals surface area contributed by atoms with Crippen molar-refractivity contribution in [2.75, 3.05) is 0 Å². The Morgan fingerprint density at radius 3 is 2.90 bits per heavy atom. The van der Waals surface area contributed by atoms with Crippen LogP contribution in [-0.2, 0) is 0 Å². The molecule has 0 aliphatic carbocycles. The Balaban J connectivity index is 1.89. The molecule has 0 aliphatic rings. The average Bonchev–Trinajstić information content (AvgIpc) is 3.09. The standard InChI is InChI=1S/C14H16N2O4/c1-9(7-12(18)13-3-2-6-20-13)15-14(19)11-5-4-10(8-17)16-11/h2-6,8-9,12,16,18H,7H2,1H3,(H,15,19). The van der Waals surface area contributed by atoms with Crippen molar-refractivity contribution in [2.45, 2.75) is 25.5 Å². The molecule has 0 aromatic carbocycles. The first-order valence-corrected chi connectivity index (χ1v) is 6.26. The molecule has 6 nitrogen and oxygen atoms in total. The summed E-state index contributed by atoms with van der Waals surface area (Å²) in [6.07, 6.45) is 1.69. The summed E-state index contributed by atoms with van der Waals surface area (Å²) in [5.74, 6) is 0.145. The van der Waals surface area contributed by atoms with E-state index in [1.54, 1.807) is 19.1 Å². The second kappa shape index (κ2) is 6.21. The molecule has 2 heterocycles. The molecule has 6 heteroatoms. The van der Waals surface area contributed by atoms with E-state index in [1.165, 1.54) is 18.4 Å². The number of nitrogens with one attached hydrogen (secondary N) is 2. The van der Waals surface area contributed by atoms with Crippen LogP contribution in [0.3, 0.4) is 0 Å². The second-order valence-electron chi connectivity index (χ2n) is 4.59. The van der Waals surface area contributed by atoms with Crippen LogP contribution in [0.15, 0.2) is 34.9 Å². The third-order valence-electron chi connectivity index (χ3n) is 2.91. The van der Waals surface area contributed by atoms with Gasteiger partial charge in [0.25, 0.3) is 5.91 Å². The zero-order chi connectivity index (χ0) is 14.5. The van der Waals surface area contributed by atoms with Crippen LogP contribution in [-0.4, -0.2) is 28.3 Å². The minimum atomic E-state index is -0.769. The summed E-state index contributed by atoms with van der Waals surface area (Å²) >= 11 is 0.